The van der Waals surface area contributed by atoms with Crippen LogP contribution in [0.4, 0.5) is 10.2 Å². The lowest BCUT2D eigenvalue weighted by Gasteiger charge is -2.10. The molecule has 0 saturated carbocycles. The molecule has 0 unspecified atom stereocenters. The van der Waals surface area contributed by atoms with Crippen molar-refractivity contribution in [3.05, 3.63) is 70.9 Å². The van der Waals surface area contributed by atoms with Crippen LogP contribution in [0.5, 0.6) is 0 Å². The Bertz CT molecular complexity index is 1330. The fraction of sp³-hybridized carbons (Fsp3) is 0.100. The van der Waals surface area contributed by atoms with Crippen LogP contribution in [0.1, 0.15) is 32.1 Å². The number of aryl methyl sites for hydroxylation is 1. The monoisotopic (exact) mass is 420 g/mol. The summed E-state index contributed by atoms with van der Waals surface area (Å²) in [5.74, 6) is -1.59. The molecule has 4 aromatic rings. The molecule has 0 atom stereocenters. The maximum atomic E-state index is 13.5. The Labute approximate surface area is 175 Å². The number of primary amides is 2. The molecule has 0 spiro atoms. The van der Waals surface area contributed by atoms with Crippen LogP contribution in [0, 0.1) is 12.7 Å². The number of carbonyl (C=O) groups excluding carboxylic acids is 2. The second kappa shape index (κ2) is 7.78. The van der Waals surface area contributed by atoms with Crippen molar-refractivity contribution in [2.24, 2.45) is 11.5 Å². The number of amides is 2. The standard InChI is InChI=1S/C20H17FN8O2/c1-10-15(29-7-3-6-13(16(22)30)20(29)25-10)19-26-18(14(17(23)31)27-28-19)24-9-11-4-2-5-12(21)8-11/h2-8H,9H2,1H3,(H2,22,30)(H2,23,31)(H,24,26,28). The van der Waals surface area contributed by atoms with E-state index < -0.39 is 11.8 Å². The summed E-state index contributed by atoms with van der Waals surface area (Å²) in [6.45, 7) is 1.90. The van der Waals surface area contributed by atoms with Crippen molar-refractivity contribution < 1.29 is 14.0 Å². The van der Waals surface area contributed by atoms with Gasteiger partial charge in [-0.3, -0.25) is 14.0 Å². The van der Waals surface area contributed by atoms with Crippen LogP contribution >= 0.6 is 0 Å². The highest BCUT2D eigenvalue weighted by Gasteiger charge is 2.21. The quantitative estimate of drug-likeness (QED) is 0.426. The Morgan fingerprint density at radius 3 is 2.61 bits per heavy atom. The minimum absolute atomic E-state index is 0.0853. The van der Waals surface area contributed by atoms with Gasteiger partial charge in [-0.05, 0) is 36.8 Å². The van der Waals surface area contributed by atoms with E-state index >= 15 is 0 Å². The highest BCUT2D eigenvalue weighted by atomic mass is 19.1. The molecule has 11 heteroatoms. The predicted molar refractivity (Wildman–Crippen MR) is 110 cm³/mol. The van der Waals surface area contributed by atoms with Crippen LogP contribution < -0.4 is 16.8 Å². The van der Waals surface area contributed by atoms with Gasteiger partial charge in [0.1, 0.15) is 17.2 Å². The number of benzene rings is 1. The molecule has 31 heavy (non-hydrogen) atoms. The molecule has 156 valence electrons. The zero-order chi connectivity index (χ0) is 22.1. The van der Waals surface area contributed by atoms with E-state index in [-0.39, 0.29) is 35.3 Å². The van der Waals surface area contributed by atoms with Gasteiger partial charge in [0.25, 0.3) is 11.8 Å². The average Bonchev–Trinajstić information content (AvgIpc) is 3.07. The second-order valence-electron chi connectivity index (χ2n) is 6.71. The maximum absolute atomic E-state index is 13.5. The van der Waals surface area contributed by atoms with Gasteiger partial charge in [-0.2, -0.15) is 0 Å². The number of carbonyl (C=O) groups is 2. The second-order valence-corrected chi connectivity index (χ2v) is 6.71. The van der Waals surface area contributed by atoms with Gasteiger partial charge in [-0.15, -0.1) is 10.2 Å². The third-order valence-corrected chi connectivity index (χ3v) is 4.57. The number of imidazole rings is 1. The number of aromatic nitrogens is 5. The fourth-order valence-corrected chi connectivity index (χ4v) is 3.19. The normalized spacial score (nSPS) is 10.9. The molecule has 1 aromatic carbocycles. The summed E-state index contributed by atoms with van der Waals surface area (Å²) in [5, 5.41) is 10.9. The van der Waals surface area contributed by atoms with Gasteiger partial charge < -0.3 is 16.8 Å². The summed E-state index contributed by atoms with van der Waals surface area (Å²) in [6, 6.07) is 9.18. The number of nitrogens with one attached hydrogen (secondary N) is 1. The number of nitrogens with zero attached hydrogens (tertiary/aromatic N) is 5. The first-order valence-electron chi connectivity index (χ1n) is 9.16. The molecule has 0 bridgehead atoms. The van der Waals surface area contributed by atoms with Crippen molar-refractivity contribution in [1.82, 2.24) is 24.6 Å². The van der Waals surface area contributed by atoms with E-state index in [0.717, 1.165) is 0 Å². The van der Waals surface area contributed by atoms with Gasteiger partial charge in [0.05, 0.1) is 11.3 Å². The van der Waals surface area contributed by atoms with Crippen molar-refractivity contribution in [2.45, 2.75) is 13.5 Å². The summed E-state index contributed by atoms with van der Waals surface area (Å²) >= 11 is 0. The molecule has 0 fully saturated rings. The van der Waals surface area contributed by atoms with Crippen LogP contribution in [0.25, 0.3) is 17.2 Å². The first kappa shape index (κ1) is 19.9. The molecule has 0 aliphatic heterocycles. The van der Waals surface area contributed by atoms with Crippen LogP contribution in [0.2, 0.25) is 0 Å². The summed E-state index contributed by atoms with van der Waals surface area (Å²) in [5.41, 5.74) is 12.9. The minimum atomic E-state index is -0.820. The number of anilines is 1. The summed E-state index contributed by atoms with van der Waals surface area (Å²) in [4.78, 5) is 32.3. The van der Waals surface area contributed by atoms with Crippen LogP contribution in [0.15, 0.2) is 42.6 Å². The Kier molecular flexibility index (Phi) is 4.99. The van der Waals surface area contributed by atoms with E-state index in [9.17, 15) is 14.0 Å². The zero-order valence-electron chi connectivity index (χ0n) is 16.3. The first-order chi connectivity index (χ1) is 14.8. The smallest absolute Gasteiger partial charge is 0.273 e. The molecule has 3 heterocycles. The largest absolute Gasteiger partial charge is 0.365 e. The highest BCUT2D eigenvalue weighted by Crippen LogP contribution is 2.25. The Morgan fingerprint density at radius 2 is 1.90 bits per heavy atom. The maximum Gasteiger partial charge on any atom is 0.273 e. The highest BCUT2D eigenvalue weighted by molar-refractivity contribution is 5.99. The summed E-state index contributed by atoms with van der Waals surface area (Å²) < 4.78 is 15.1. The first-order valence-corrected chi connectivity index (χ1v) is 9.16. The Hall–Kier alpha value is -4.41. The Morgan fingerprint density at radius 1 is 1.10 bits per heavy atom. The van der Waals surface area contributed by atoms with E-state index in [4.69, 9.17) is 11.5 Å². The number of pyridine rings is 1. The molecular formula is C20H17FN8O2. The number of halogens is 1. The molecule has 3 aromatic heterocycles. The van der Waals surface area contributed by atoms with Crippen molar-refractivity contribution in [1.29, 1.82) is 0 Å². The molecule has 2 amide bonds. The molecule has 10 nitrogen and oxygen atoms in total. The van der Waals surface area contributed by atoms with Gasteiger partial charge in [0, 0.05) is 12.7 Å². The minimum Gasteiger partial charge on any atom is -0.365 e. The third-order valence-electron chi connectivity index (χ3n) is 4.57. The molecule has 0 aliphatic rings. The topological polar surface area (TPSA) is 154 Å². The van der Waals surface area contributed by atoms with E-state index in [1.807, 2.05) is 0 Å². The lowest BCUT2D eigenvalue weighted by atomic mass is 10.2. The molecule has 4 rings (SSSR count). The molecular weight excluding hydrogens is 403 g/mol. The number of rotatable bonds is 6. The Balaban J connectivity index is 1.79. The zero-order valence-corrected chi connectivity index (χ0v) is 16.3. The SMILES string of the molecule is Cc1nc2c(C(N)=O)cccn2c1-c1nnc(C(N)=O)c(NCc2cccc(F)c2)n1. The molecule has 0 radical (unpaired) electrons. The summed E-state index contributed by atoms with van der Waals surface area (Å²) in [6.07, 6.45) is 1.68. The van der Waals surface area contributed by atoms with Gasteiger partial charge in [0.15, 0.2) is 11.5 Å². The van der Waals surface area contributed by atoms with E-state index in [1.54, 1.807) is 41.8 Å². The van der Waals surface area contributed by atoms with Crippen molar-refractivity contribution >= 4 is 23.3 Å². The molecule has 5 N–H and O–H groups in total. The van der Waals surface area contributed by atoms with Crippen molar-refractivity contribution in [3.63, 3.8) is 0 Å². The third kappa shape index (κ3) is 3.75. The van der Waals surface area contributed by atoms with Crippen LogP contribution in [-0.4, -0.2) is 36.4 Å². The van der Waals surface area contributed by atoms with Gasteiger partial charge in [-0.1, -0.05) is 12.1 Å². The van der Waals surface area contributed by atoms with Gasteiger partial charge in [-0.25, -0.2) is 14.4 Å². The van der Waals surface area contributed by atoms with E-state index in [0.29, 0.717) is 22.6 Å². The number of hydrogen-bond donors (Lipinski definition) is 3. The number of fused-ring (bicyclic) bond motifs is 1. The fourth-order valence-electron chi connectivity index (χ4n) is 3.19. The van der Waals surface area contributed by atoms with Crippen LogP contribution in [-0.2, 0) is 6.54 Å². The van der Waals surface area contributed by atoms with Crippen molar-refractivity contribution in [3.8, 4) is 11.5 Å². The molecule has 0 aliphatic carbocycles. The van der Waals surface area contributed by atoms with Gasteiger partial charge in [0.2, 0.25) is 5.82 Å². The van der Waals surface area contributed by atoms with Crippen molar-refractivity contribution in [2.75, 3.05) is 5.32 Å². The number of hydrogen-bond acceptors (Lipinski definition) is 7. The summed E-state index contributed by atoms with van der Waals surface area (Å²) in [7, 11) is 0. The average molecular weight is 420 g/mol. The van der Waals surface area contributed by atoms with Crippen LogP contribution in [0.3, 0.4) is 0 Å². The van der Waals surface area contributed by atoms with Gasteiger partial charge >= 0.3 is 0 Å². The lowest BCUT2D eigenvalue weighted by Crippen LogP contribution is -2.19. The lowest BCUT2D eigenvalue weighted by molar-refractivity contribution is 0.0989. The predicted octanol–water partition coefficient (Wildman–Crippen LogP) is 1.44. The number of nitrogens with two attached hydrogens (primary N) is 2. The van der Waals surface area contributed by atoms with E-state index in [2.05, 4.69) is 25.5 Å². The molecule has 0 saturated heterocycles. The van der Waals surface area contributed by atoms with E-state index in [1.165, 1.54) is 12.1 Å².